The number of nitrogens with one attached hydrogen (secondary N) is 2. The number of sulfonamides is 1. The fourth-order valence-corrected chi connectivity index (χ4v) is 4.88. The van der Waals surface area contributed by atoms with E-state index in [0.29, 0.717) is 17.1 Å². The minimum atomic E-state index is -3.96. The molecule has 0 fully saturated rings. The fraction of sp³-hybridized carbons (Fsp3) is 0.269. The summed E-state index contributed by atoms with van der Waals surface area (Å²) in [4.78, 5) is 13.3. The highest BCUT2D eigenvalue weighted by molar-refractivity contribution is 7.89. The Balaban J connectivity index is 1.83. The summed E-state index contributed by atoms with van der Waals surface area (Å²) >= 11 is 0. The number of rotatable bonds is 10. The van der Waals surface area contributed by atoms with Crippen molar-refractivity contribution in [2.45, 2.75) is 37.2 Å². The van der Waals surface area contributed by atoms with Gasteiger partial charge in [0.05, 0.1) is 25.2 Å². The van der Waals surface area contributed by atoms with Gasteiger partial charge in [-0.3, -0.25) is 4.79 Å². The van der Waals surface area contributed by atoms with Crippen molar-refractivity contribution in [2.75, 3.05) is 14.2 Å². The van der Waals surface area contributed by atoms with Gasteiger partial charge in [0.1, 0.15) is 17.5 Å². The van der Waals surface area contributed by atoms with E-state index in [1.54, 1.807) is 20.1 Å². The molecule has 3 aromatic carbocycles. The van der Waals surface area contributed by atoms with Crippen LogP contribution in [0.2, 0.25) is 0 Å². The van der Waals surface area contributed by atoms with Crippen molar-refractivity contribution in [3.8, 4) is 11.5 Å². The molecule has 3 rings (SSSR count). The Kier molecular flexibility index (Phi) is 8.31. The Labute approximate surface area is 201 Å². The molecule has 2 N–H and O–H groups in total. The number of carbonyl (C=O) groups is 1. The molecule has 0 radical (unpaired) electrons. The van der Waals surface area contributed by atoms with E-state index in [-0.39, 0.29) is 17.4 Å². The van der Waals surface area contributed by atoms with E-state index in [4.69, 9.17) is 9.47 Å². The van der Waals surface area contributed by atoms with Crippen LogP contribution in [0.1, 0.15) is 29.7 Å². The van der Waals surface area contributed by atoms with Crippen LogP contribution in [0.3, 0.4) is 0 Å². The zero-order valence-corrected chi connectivity index (χ0v) is 20.6. The SMILES string of the molecule is COc1ccc([C@@H](C)NC(=O)[C@@H](Cc2ccccc2)NS(=O)(=O)c2ccc(OC)c(C)c2)cc1. The molecule has 34 heavy (non-hydrogen) atoms. The number of hydrogen-bond acceptors (Lipinski definition) is 5. The second-order valence-electron chi connectivity index (χ2n) is 8.00. The van der Waals surface area contributed by atoms with Gasteiger partial charge in [-0.2, -0.15) is 4.72 Å². The molecule has 7 nitrogen and oxygen atoms in total. The second-order valence-corrected chi connectivity index (χ2v) is 9.71. The van der Waals surface area contributed by atoms with E-state index in [1.165, 1.54) is 19.2 Å². The van der Waals surface area contributed by atoms with Gasteiger partial charge in [-0.05, 0) is 67.3 Å². The quantitative estimate of drug-likeness (QED) is 0.459. The van der Waals surface area contributed by atoms with Crippen LogP contribution in [0.15, 0.2) is 77.7 Å². The van der Waals surface area contributed by atoms with Crippen molar-refractivity contribution in [1.82, 2.24) is 10.0 Å². The number of amides is 1. The summed E-state index contributed by atoms with van der Waals surface area (Å²) in [5, 5.41) is 2.93. The molecule has 180 valence electrons. The highest BCUT2D eigenvalue weighted by Crippen LogP contribution is 2.22. The molecule has 0 aliphatic rings. The molecule has 0 saturated carbocycles. The average molecular weight is 483 g/mol. The summed E-state index contributed by atoms with van der Waals surface area (Å²) in [5.41, 5.74) is 2.40. The number of hydrogen-bond donors (Lipinski definition) is 2. The average Bonchev–Trinajstić information content (AvgIpc) is 2.84. The van der Waals surface area contributed by atoms with E-state index < -0.39 is 22.0 Å². The summed E-state index contributed by atoms with van der Waals surface area (Å²) in [6, 6.07) is 19.9. The predicted octanol–water partition coefficient (Wildman–Crippen LogP) is 3.78. The first kappa shape index (κ1) is 25.3. The summed E-state index contributed by atoms with van der Waals surface area (Å²) in [6.07, 6.45) is 0.205. The molecular formula is C26H30N2O5S. The molecule has 0 aliphatic carbocycles. The van der Waals surface area contributed by atoms with Crippen LogP contribution < -0.4 is 19.5 Å². The molecule has 0 aliphatic heterocycles. The topological polar surface area (TPSA) is 93.7 Å². The van der Waals surface area contributed by atoms with E-state index in [0.717, 1.165) is 11.1 Å². The second kappa shape index (κ2) is 11.2. The molecule has 3 aromatic rings. The highest BCUT2D eigenvalue weighted by Gasteiger charge is 2.27. The molecule has 0 spiro atoms. The van der Waals surface area contributed by atoms with Gasteiger partial charge in [-0.1, -0.05) is 42.5 Å². The third-order valence-electron chi connectivity index (χ3n) is 5.55. The lowest BCUT2D eigenvalue weighted by Crippen LogP contribution is -2.48. The van der Waals surface area contributed by atoms with Gasteiger partial charge in [0.25, 0.3) is 0 Å². The zero-order valence-electron chi connectivity index (χ0n) is 19.7. The minimum Gasteiger partial charge on any atom is -0.497 e. The smallest absolute Gasteiger partial charge is 0.241 e. The molecular weight excluding hydrogens is 452 g/mol. The zero-order chi connectivity index (χ0) is 24.7. The van der Waals surface area contributed by atoms with Crippen molar-refractivity contribution in [3.63, 3.8) is 0 Å². The number of aryl methyl sites for hydroxylation is 1. The molecule has 0 bridgehead atoms. The van der Waals surface area contributed by atoms with E-state index >= 15 is 0 Å². The van der Waals surface area contributed by atoms with Crippen molar-refractivity contribution < 1.29 is 22.7 Å². The van der Waals surface area contributed by atoms with Crippen LogP contribution in [0.5, 0.6) is 11.5 Å². The lowest BCUT2D eigenvalue weighted by molar-refractivity contribution is -0.123. The lowest BCUT2D eigenvalue weighted by Gasteiger charge is -2.22. The van der Waals surface area contributed by atoms with Crippen molar-refractivity contribution in [1.29, 1.82) is 0 Å². The standard InChI is InChI=1S/C26H30N2O5S/c1-18-16-23(14-15-25(18)33-4)34(30,31)28-24(17-20-8-6-5-7-9-20)26(29)27-19(2)21-10-12-22(32-3)13-11-21/h5-16,19,24,28H,17H2,1-4H3,(H,27,29)/t19-,24-/m1/s1. The first-order valence-corrected chi connectivity index (χ1v) is 12.4. The highest BCUT2D eigenvalue weighted by atomic mass is 32.2. The summed E-state index contributed by atoms with van der Waals surface area (Å²) in [7, 11) is -0.850. The van der Waals surface area contributed by atoms with Gasteiger partial charge >= 0.3 is 0 Å². The first-order chi connectivity index (χ1) is 16.2. The number of methoxy groups -OCH3 is 2. The van der Waals surface area contributed by atoms with Crippen molar-refractivity contribution >= 4 is 15.9 Å². The molecule has 0 saturated heterocycles. The maximum atomic E-state index is 13.2. The van der Waals surface area contributed by atoms with Crippen LogP contribution in [0.25, 0.3) is 0 Å². The minimum absolute atomic E-state index is 0.0693. The van der Waals surface area contributed by atoms with E-state index in [9.17, 15) is 13.2 Å². The Morgan fingerprint density at radius 3 is 2.21 bits per heavy atom. The van der Waals surface area contributed by atoms with Crippen LogP contribution >= 0.6 is 0 Å². The molecule has 0 aromatic heterocycles. The van der Waals surface area contributed by atoms with E-state index in [1.807, 2.05) is 61.5 Å². The molecule has 0 heterocycles. The van der Waals surface area contributed by atoms with Crippen molar-refractivity contribution in [3.05, 3.63) is 89.5 Å². The molecule has 8 heteroatoms. The Hall–Kier alpha value is -3.36. The number of carbonyl (C=O) groups excluding carboxylic acids is 1. The molecule has 1 amide bonds. The number of benzene rings is 3. The largest absolute Gasteiger partial charge is 0.497 e. The van der Waals surface area contributed by atoms with E-state index in [2.05, 4.69) is 10.0 Å². The molecule has 2 atom stereocenters. The lowest BCUT2D eigenvalue weighted by atomic mass is 10.0. The monoisotopic (exact) mass is 482 g/mol. The third kappa shape index (κ3) is 6.36. The Morgan fingerprint density at radius 2 is 1.62 bits per heavy atom. The normalized spacial score (nSPS) is 13.1. The fourth-order valence-electron chi connectivity index (χ4n) is 3.60. The first-order valence-electron chi connectivity index (χ1n) is 10.9. The van der Waals surface area contributed by atoms with Crippen LogP contribution in [0, 0.1) is 6.92 Å². The maximum Gasteiger partial charge on any atom is 0.241 e. The number of ether oxygens (including phenoxy) is 2. The van der Waals surface area contributed by atoms with Gasteiger partial charge in [0, 0.05) is 0 Å². The predicted molar refractivity (Wildman–Crippen MR) is 132 cm³/mol. The maximum absolute atomic E-state index is 13.2. The van der Waals surface area contributed by atoms with Crippen LogP contribution in [0.4, 0.5) is 0 Å². The van der Waals surface area contributed by atoms with Gasteiger partial charge in [-0.15, -0.1) is 0 Å². The Morgan fingerprint density at radius 1 is 0.941 bits per heavy atom. The van der Waals surface area contributed by atoms with Gasteiger partial charge in [0.2, 0.25) is 15.9 Å². The van der Waals surface area contributed by atoms with Gasteiger partial charge < -0.3 is 14.8 Å². The summed E-state index contributed by atoms with van der Waals surface area (Å²) < 4.78 is 39.3. The van der Waals surface area contributed by atoms with Crippen LogP contribution in [-0.2, 0) is 21.2 Å². The molecule has 0 unspecified atom stereocenters. The van der Waals surface area contributed by atoms with Crippen LogP contribution in [-0.4, -0.2) is 34.6 Å². The summed E-state index contributed by atoms with van der Waals surface area (Å²) in [6.45, 7) is 3.61. The Bertz CT molecular complexity index is 1210. The van der Waals surface area contributed by atoms with Gasteiger partial charge in [-0.25, -0.2) is 8.42 Å². The summed E-state index contributed by atoms with van der Waals surface area (Å²) in [5.74, 6) is 0.888. The van der Waals surface area contributed by atoms with Crippen molar-refractivity contribution in [2.24, 2.45) is 0 Å². The van der Waals surface area contributed by atoms with Gasteiger partial charge in [0.15, 0.2) is 0 Å². The third-order valence-corrected chi connectivity index (χ3v) is 7.02.